The Morgan fingerprint density at radius 2 is 2.21 bits per heavy atom. The Morgan fingerprint density at radius 1 is 1.42 bits per heavy atom. The fraction of sp³-hybridized carbons (Fsp3) is 0.750. The quantitative estimate of drug-likeness (QED) is 0.890. The zero-order chi connectivity index (χ0) is 13.5. The molecule has 2 heterocycles. The van der Waals surface area contributed by atoms with Gasteiger partial charge in [0.15, 0.2) is 15.0 Å². The summed E-state index contributed by atoms with van der Waals surface area (Å²) in [7, 11) is -2.88. The third kappa shape index (κ3) is 2.64. The summed E-state index contributed by atoms with van der Waals surface area (Å²) in [5.74, 6) is 0.294. The molecule has 106 valence electrons. The van der Waals surface area contributed by atoms with Crippen molar-refractivity contribution in [2.24, 2.45) is 0 Å². The van der Waals surface area contributed by atoms with Gasteiger partial charge in [-0.1, -0.05) is 12.8 Å². The number of thiazole rings is 1. The van der Waals surface area contributed by atoms with Crippen LogP contribution in [-0.4, -0.2) is 41.9 Å². The molecule has 1 aliphatic carbocycles. The third-order valence-electron chi connectivity index (χ3n) is 4.19. The number of aromatic nitrogens is 1. The Hall–Kier alpha value is -0.660. The molecule has 5 nitrogen and oxygen atoms in total. The fourth-order valence-corrected chi connectivity index (χ4v) is 6.08. The van der Waals surface area contributed by atoms with E-state index in [4.69, 9.17) is 5.73 Å². The molecule has 0 radical (unpaired) electrons. The topological polar surface area (TPSA) is 76.3 Å². The summed E-state index contributed by atoms with van der Waals surface area (Å²) < 4.78 is 24.3. The van der Waals surface area contributed by atoms with Gasteiger partial charge in [-0.25, -0.2) is 13.4 Å². The van der Waals surface area contributed by atoms with Crippen LogP contribution in [0.1, 0.15) is 30.6 Å². The first-order valence-corrected chi connectivity index (χ1v) is 9.25. The van der Waals surface area contributed by atoms with E-state index in [1.807, 2.05) is 0 Å². The molecule has 3 rings (SSSR count). The summed E-state index contributed by atoms with van der Waals surface area (Å²) >= 11 is 1.50. The van der Waals surface area contributed by atoms with Crippen LogP contribution in [0.2, 0.25) is 0 Å². The fourth-order valence-electron chi connectivity index (χ4n) is 3.27. The molecule has 0 amide bonds. The summed E-state index contributed by atoms with van der Waals surface area (Å²) in [5, 5.41) is 0.431. The summed E-state index contributed by atoms with van der Waals surface area (Å²) in [5.41, 5.74) is 5.65. The first-order chi connectivity index (χ1) is 9.06. The van der Waals surface area contributed by atoms with Gasteiger partial charge in [0.05, 0.1) is 11.0 Å². The molecule has 2 aliphatic rings. The SMILES string of the molecule is Nc1ncc(CN2CCS(=O)(=O)C3CCCCC32)s1. The largest absolute Gasteiger partial charge is 0.375 e. The number of anilines is 1. The minimum absolute atomic E-state index is 0.153. The summed E-state index contributed by atoms with van der Waals surface area (Å²) in [6.45, 7) is 1.42. The van der Waals surface area contributed by atoms with Gasteiger partial charge in [-0.3, -0.25) is 4.90 Å². The lowest BCUT2D eigenvalue weighted by atomic mass is 9.93. The number of nitrogens with zero attached hydrogens (tertiary/aromatic N) is 2. The smallest absolute Gasteiger partial charge is 0.180 e. The van der Waals surface area contributed by atoms with E-state index in [-0.39, 0.29) is 11.3 Å². The van der Waals surface area contributed by atoms with E-state index < -0.39 is 9.84 Å². The van der Waals surface area contributed by atoms with E-state index >= 15 is 0 Å². The second-order valence-corrected chi connectivity index (χ2v) is 8.88. The van der Waals surface area contributed by atoms with Crippen LogP contribution in [0.25, 0.3) is 0 Å². The van der Waals surface area contributed by atoms with Crippen molar-refractivity contribution in [3.63, 3.8) is 0 Å². The first-order valence-electron chi connectivity index (χ1n) is 6.72. The van der Waals surface area contributed by atoms with Crippen LogP contribution in [0.3, 0.4) is 0 Å². The molecule has 2 N–H and O–H groups in total. The third-order valence-corrected chi connectivity index (χ3v) is 7.23. The van der Waals surface area contributed by atoms with E-state index in [9.17, 15) is 8.42 Å². The maximum absolute atomic E-state index is 12.2. The number of hydrogen-bond acceptors (Lipinski definition) is 6. The Kier molecular flexibility index (Phi) is 3.53. The minimum Gasteiger partial charge on any atom is -0.375 e. The Balaban J connectivity index is 1.79. The summed E-state index contributed by atoms with van der Waals surface area (Å²) in [4.78, 5) is 7.51. The van der Waals surface area contributed by atoms with Crippen molar-refractivity contribution in [2.45, 2.75) is 43.5 Å². The van der Waals surface area contributed by atoms with Crippen molar-refractivity contribution in [2.75, 3.05) is 18.0 Å². The van der Waals surface area contributed by atoms with Crippen molar-refractivity contribution < 1.29 is 8.42 Å². The lowest BCUT2D eigenvalue weighted by Crippen LogP contribution is -2.55. The second kappa shape index (κ2) is 5.03. The average Bonchev–Trinajstić information content (AvgIpc) is 2.79. The van der Waals surface area contributed by atoms with Gasteiger partial charge < -0.3 is 5.73 Å². The highest BCUT2D eigenvalue weighted by atomic mass is 32.2. The molecule has 0 aromatic carbocycles. The van der Waals surface area contributed by atoms with Crippen molar-refractivity contribution in [3.05, 3.63) is 11.1 Å². The lowest BCUT2D eigenvalue weighted by Gasteiger charge is -2.43. The molecular weight excluding hydrogens is 282 g/mol. The molecule has 1 saturated carbocycles. The van der Waals surface area contributed by atoms with Gasteiger partial charge in [0.25, 0.3) is 0 Å². The maximum atomic E-state index is 12.2. The molecule has 0 spiro atoms. The number of nitrogen functional groups attached to an aromatic ring is 1. The Bertz CT molecular complexity index is 555. The average molecular weight is 301 g/mol. The van der Waals surface area contributed by atoms with Crippen LogP contribution >= 0.6 is 11.3 Å². The molecule has 1 aromatic rings. The summed E-state index contributed by atoms with van der Waals surface area (Å²) in [6.07, 6.45) is 5.81. The maximum Gasteiger partial charge on any atom is 0.180 e. The monoisotopic (exact) mass is 301 g/mol. The standard InChI is InChI=1S/C12H19N3O2S2/c13-12-14-7-9(18-12)8-15-5-6-19(16,17)11-4-2-1-3-10(11)15/h7,10-11H,1-6,8H2,(H2,13,14). The number of fused-ring (bicyclic) bond motifs is 1. The van der Waals surface area contributed by atoms with Gasteiger partial charge in [-0.05, 0) is 12.8 Å². The van der Waals surface area contributed by atoms with Gasteiger partial charge in [0, 0.05) is 30.2 Å². The Labute approximate surface area is 117 Å². The molecule has 1 aliphatic heterocycles. The van der Waals surface area contributed by atoms with Crippen LogP contribution in [-0.2, 0) is 16.4 Å². The molecule has 1 saturated heterocycles. The summed E-state index contributed by atoms with van der Waals surface area (Å²) in [6, 6.07) is 0.191. The van der Waals surface area contributed by atoms with Crippen molar-refractivity contribution in [1.29, 1.82) is 0 Å². The van der Waals surface area contributed by atoms with Gasteiger partial charge in [-0.2, -0.15) is 0 Å². The molecule has 2 atom stereocenters. The van der Waals surface area contributed by atoms with E-state index in [0.29, 0.717) is 17.4 Å². The van der Waals surface area contributed by atoms with Gasteiger partial charge in [0.1, 0.15) is 0 Å². The molecule has 1 aromatic heterocycles. The highest BCUT2D eigenvalue weighted by molar-refractivity contribution is 7.92. The predicted molar refractivity (Wildman–Crippen MR) is 76.8 cm³/mol. The van der Waals surface area contributed by atoms with Crippen molar-refractivity contribution in [1.82, 2.24) is 9.88 Å². The number of hydrogen-bond donors (Lipinski definition) is 1. The van der Waals surface area contributed by atoms with E-state index in [1.165, 1.54) is 11.3 Å². The highest BCUT2D eigenvalue weighted by Gasteiger charge is 2.42. The van der Waals surface area contributed by atoms with Crippen LogP contribution < -0.4 is 5.73 Å². The van der Waals surface area contributed by atoms with Crippen LogP contribution in [0, 0.1) is 0 Å². The zero-order valence-corrected chi connectivity index (χ0v) is 12.4. The first kappa shape index (κ1) is 13.3. The molecule has 7 heteroatoms. The lowest BCUT2D eigenvalue weighted by molar-refractivity contribution is 0.150. The molecule has 0 bridgehead atoms. The van der Waals surface area contributed by atoms with Crippen LogP contribution in [0.4, 0.5) is 5.13 Å². The second-order valence-electron chi connectivity index (χ2n) is 5.39. The number of rotatable bonds is 2. The van der Waals surface area contributed by atoms with Gasteiger partial charge in [-0.15, -0.1) is 11.3 Å². The zero-order valence-electron chi connectivity index (χ0n) is 10.8. The molecular formula is C12H19N3O2S2. The van der Waals surface area contributed by atoms with Crippen LogP contribution in [0.5, 0.6) is 0 Å². The predicted octanol–water partition coefficient (Wildman–Crippen LogP) is 1.27. The normalized spacial score (nSPS) is 30.9. The van der Waals surface area contributed by atoms with Crippen molar-refractivity contribution in [3.8, 4) is 0 Å². The van der Waals surface area contributed by atoms with Crippen LogP contribution in [0.15, 0.2) is 6.20 Å². The highest BCUT2D eigenvalue weighted by Crippen LogP contribution is 2.33. The minimum atomic E-state index is -2.88. The number of sulfone groups is 1. The van der Waals surface area contributed by atoms with E-state index in [0.717, 1.165) is 37.1 Å². The number of nitrogens with two attached hydrogens (primary N) is 1. The molecule has 2 unspecified atom stereocenters. The van der Waals surface area contributed by atoms with Gasteiger partial charge in [0.2, 0.25) is 0 Å². The molecule has 2 fully saturated rings. The molecule has 19 heavy (non-hydrogen) atoms. The van der Waals surface area contributed by atoms with Gasteiger partial charge >= 0.3 is 0 Å². The van der Waals surface area contributed by atoms with E-state index in [1.54, 1.807) is 6.20 Å². The van der Waals surface area contributed by atoms with E-state index in [2.05, 4.69) is 9.88 Å². The van der Waals surface area contributed by atoms with Crippen molar-refractivity contribution >= 4 is 26.3 Å². The Morgan fingerprint density at radius 3 is 2.95 bits per heavy atom.